The molecule has 1 unspecified atom stereocenters. The van der Waals surface area contributed by atoms with Gasteiger partial charge in [-0.1, -0.05) is 63.3 Å². The Balaban J connectivity index is 2.70. The van der Waals surface area contributed by atoms with Gasteiger partial charge in [-0.15, -0.1) is 0 Å². The van der Waals surface area contributed by atoms with E-state index in [2.05, 4.69) is 12.2 Å². The molecule has 0 aromatic heterocycles. The molecule has 0 heterocycles. The zero-order valence-corrected chi connectivity index (χ0v) is 16.2. The van der Waals surface area contributed by atoms with E-state index in [1.54, 1.807) is 0 Å². The number of unbranched alkanes of at least 4 members (excludes halogenated alkanes) is 5. The van der Waals surface area contributed by atoms with Crippen LogP contribution in [0.4, 0.5) is 0 Å². The second-order valence-corrected chi connectivity index (χ2v) is 6.98. The van der Waals surface area contributed by atoms with Crippen LogP contribution in [0.2, 0.25) is 0 Å². The molecule has 6 nitrogen and oxygen atoms in total. The van der Waals surface area contributed by atoms with Gasteiger partial charge >= 0.3 is 11.9 Å². The fourth-order valence-corrected chi connectivity index (χ4v) is 3.09. The van der Waals surface area contributed by atoms with Crippen LogP contribution in [0.1, 0.15) is 76.0 Å². The number of amides is 1. The highest BCUT2D eigenvalue weighted by Crippen LogP contribution is 2.23. The minimum absolute atomic E-state index is 0.193. The smallest absolute Gasteiger partial charge is 0.317 e. The number of carbonyl (C=O) groups excluding carboxylic acids is 1. The molecule has 0 fully saturated rings. The third-order valence-electron chi connectivity index (χ3n) is 4.65. The first kappa shape index (κ1) is 22.7. The van der Waals surface area contributed by atoms with Crippen LogP contribution in [0, 0.1) is 5.92 Å². The van der Waals surface area contributed by atoms with E-state index >= 15 is 0 Å². The number of hydrogen-bond acceptors (Lipinski definition) is 3. The number of nitrogens with one attached hydrogen (secondary N) is 1. The highest BCUT2D eigenvalue weighted by atomic mass is 16.4. The molecule has 0 spiro atoms. The van der Waals surface area contributed by atoms with E-state index in [4.69, 9.17) is 10.2 Å². The lowest BCUT2D eigenvalue weighted by molar-refractivity contribution is -0.155. The third-order valence-corrected chi connectivity index (χ3v) is 4.65. The van der Waals surface area contributed by atoms with E-state index in [-0.39, 0.29) is 12.3 Å². The number of carboxylic acids is 2. The second kappa shape index (κ2) is 12.1. The van der Waals surface area contributed by atoms with Crippen LogP contribution in [0.15, 0.2) is 24.3 Å². The Hall–Kier alpha value is -2.37. The van der Waals surface area contributed by atoms with Crippen LogP contribution in [0.3, 0.4) is 0 Å². The Labute approximate surface area is 161 Å². The van der Waals surface area contributed by atoms with Crippen molar-refractivity contribution in [2.24, 2.45) is 5.92 Å². The molecule has 0 aliphatic carbocycles. The summed E-state index contributed by atoms with van der Waals surface area (Å²) in [4.78, 5) is 33.8. The molecule has 0 aliphatic rings. The predicted molar refractivity (Wildman–Crippen MR) is 103 cm³/mol. The summed E-state index contributed by atoms with van der Waals surface area (Å²) in [6.45, 7) is 3.53. The van der Waals surface area contributed by atoms with Crippen LogP contribution in [0.25, 0.3) is 0 Å². The normalized spacial score (nSPS) is 12.0. The molecule has 150 valence electrons. The van der Waals surface area contributed by atoms with Gasteiger partial charge in [-0.2, -0.15) is 0 Å². The summed E-state index contributed by atoms with van der Waals surface area (Å²) in [6.07, 6.45) is 8.16. The van der Waals surface area contributed by atoms with Gasteiger partial charge in [0.05, 0.1) is 6.04 Å². The summed E-state index contributed by atoms with van der Waals surface area (Å²) in [6, 6.07) is 6.96. The van der Waals surface area contributed by atoms with Crippen LogP contribution in [-0.4, -0.2) is 28.1 Å². The lowest BCUT2D eigenvalue weighted by atomic mass is 9.93. The third kappa shape index (κ3) is 8.71. The predicted octanol–water partition coefficient (Wildman–Crippen LogP) is 3.94. The Morgan fingerprint density at radius 2 is 1.48 bits per heavy atom. The molecule has 27 heavy (non-hydrogen) atoms. The zero-order valence-electron chi connectivity index (χ0n) is 16.2. The fraction of sp³-hybridized carbons (Fsp3) is 0.571. The molecule has 0 saturated carbocycles. The van der Waals surface area contributed by atoms with Gasteiger partial charge in [0.2, 0.25) is 5.91 Å². The zero-order chi connectivity index (χ0) is 20.2. The number of aryl methyl sites for hydroxylation is 1. The number of benzene rings is 1. The van der Waals surface area contributed by atoms with E-state index < -0.39 is 23.9 Å². The SMILES string of the molecule is CCCCCCCCc1ccc(C(CC(C(=O)O)C(=O)O)NC(C)=O)cc1. The molecule has 0 aliphatic heterocycles. The number of carbonyl (C=O) groups is 3. The first-order valence-corrected chi connectivity index (χ1v) is 9.66. The Kier molecular flexibility index (Phi) is 10.2. The highest BCUT2D eigenvalue weighted by Gasteiger charge is 2.30. The maximum absolute atomic E-state index is 11.5. The minimum Gasteiger partial charge on any atom is -0.481 e. The van der Waals surface area contributed by atoms with Gasteiger partial charge in [0.1, 0.15) is 0 Å². The Morgan fingerprint density at radius 3 is 2.00 bits per heavy atom. The van der Waals surface area contributed by atoms with E-state index in [0.717, 1.165) is 12.8 Å². The molecule has 1 aromatic carbocycles. The summed E-state index contributed by atoms with van der Waals surface area (Å²) in [5, 5.41) is 20.9. The van der Waals surface area contributed by atoms with Crippen molar-refractivity contribution in [2.75, 3.05) is 0 Å². The fourth-order valence-electron chi connectivity index (χ4n) is 3.09. The standard InChI is InChI=1S/C21H31NO5/c1-3-4-5-6-7-8-9-16-10-12-17(13-11-16)19(22-15(2)23)14-18(20(24)25)21(26)27/h10-13,18-19H,3-9,14H2,1-2H3,(H,22,23)(H,24,25)(H,26,27). The van der Waals surface area contributed by atoms with Gasteiger partial charge < -0.3 is 15.5 Å². The van der Waals surface area contributed by atoms with Crippen LogP contribution < -0.4 is 5.32 Å². The van der Waals surface area contributed by atoms with Crippen molar-refractivity contribution in [1.82, 2.24) is 5.32 Å². The highest BCUT2D eigenvalue weighted by molar-refractivity contribution is 5.93. The first-order valence-electron chi connectivity index (χ1n) is 9.66. The first-order chi connectivity index (χ1) is 12.8. The summed E-state index contributed by atoms with van der Waals surface area (Å²) in [5.74, 6) is -4.70. The molecule has 0 radical (unpaired) electrons. The molecule has 6 heteroatoms. The van der Waals surface area contributed by atoms with E-state index in [1.807, 2.05) is 24.3 Å². The summed E-state index contributed by atoms with van der Waals surface area (Å²) in [7, 11) is 0. The van der Waals surface area contributed by atoms with Gasteiger partial charge in [0.15, 0.2) is 5.92 Å². The van der Waals surface area contributed by atoms with Gasteiger partial charge in [-0.25, -0.2) is 0 Å². The molecule has 3 N–H and O–H groups in total. The molecule has 1 rings (SSSR count). The minimum atomic E-state index is -1.57. The monoisotopic (exact) mass is 377 g/mol. The van der Waals surface area contributed by atoms with Gasteiger partial charge in [-0.3, -0.25) is 14.4 Å². The Morgan fingerprint density at radius 1 is 0.926 bits per heavy atom. The second-order valence-electron chi connectivity index (χ2n) is 6.98. The molecular weight excluding hydrogens is 346 g/mol. The molecule has 0 saturated heterocycles. The number of carboxylic acid groups (broad SMARTS) is 2. The summed E-state index contributed by atoms with van der Waals surface area (Å²) >= 11 is 0. The molecule has 1 atom stereocenters. The average Bonchev–Trinajstić information content (AvgIpc) is 2.61. The van der Waals surface area contributed by atoms with Gasteiger partial charge in [0.25, 0.3) is 0 Å². The maximum atomic E-state index is 11.5. The van der Waals surface area contributed by atoms with Crippen LogP contribution in [0.5, 0.6) is 0 Å². The van der Waals surface area contributed by atoms with Gasteiger partial charge in [-0.05, 0) is 30.4 Å². The van der Waals surface area contributed by atoms with Crippen molar-refractivity contribution in [3.8, 4) is 0 Å². The summed E-state index contributed by atoms with van der Waals surface area (Å²) < 4.78 is 0. The van der Waals surface area contributed by atoms with Gasteiger partial charge in [0, 0.05) is 6.92 Å². The van der Waals surface area contributed by atoms with Crippen LogP contribution in [-0.2, 0) is 20.8 Å². The van der Waals surface area contributed by atoms with Crippen molar-refractivity contribution in [3.05, 3.63) is 35.4 Å². The van der Waals surface area contributed by atoms with Crippen molar-refractivity contribution >= 4 is 17.8 Å². The van der Waals surface area contributed by atoms with Crippen molar-refractivity contribution in [3.63, 3.8) is 0 Å². The Bertz CT molecular complexity index is 598. The largest absolute Gasteiger partial charge is 0.481 e. The molecular formula is C21H31NO5. The maximum Gasteiger partial charge on any atom is 0.317 e. The van der Waals surface area contributed by atoms with Crippen molar-refractivity contribution < 1.29 is 24.6 Å². The number of aliphatic carboxylic acids is 2. The molecule has 1 amide bonds. The van der Waals surface area contributed by atoms with Crippen molar-refractivity contribution in [1.29, 1.82) is 0 Å². The number of rotatable bonds is 13. The topological polar surface area (TPSA) is 104 Å². The van der Waals surface area contributed by atoms with Crippen LogP contribution >= 0.6 is 0 Å². The lowest BCUT2D eigenvalue weighted by Gasteiger charge is -2.20. The average molecular weight is 377 g/mol. The number of hydrogen-bond donors (Lipinski definition) is 3. The summed E-state index contributed by atoms with van der Waals surface area (Å²) in [5.41, 5.74) is 1.90. The lowest BCUT2D eigenvalue weighted by Crippen LogP contribution is -2.33. The molecule has 0 bridgehead atoms. The quantitative estimate of drug-likeness (QED) is 0.357. The van der Waals surface area contributed by atoms with Crippen molar-refractivity contribution in [2.45, 2.75) is 71.3 Å². The van der Waals surface area contributed by atoms with E-state index in [1.165, 1.54) is 44.6 Å². The molecule has 1 aromatic rings. The van der Waals surface area contributed by atoms with E-state index in [9.17, 15) is 14.4 Å². The van der Waals surface area contributed by atoms with E-state index in [0.29, 0.717) is 5.56 Å².